The molecule has 2 aliphatic rings. The van der Waals surface area contributed by atoms with Crippen molar-refractivity contribution in [1.82, 2.24) is 0 Å². The Hall–Kier alpha value is -0.340. The molecule has 0 radical (unpaired) electrons. The lowest BCUT2D eigenvalue weighted by atomic mass is 9.63. The zero-order valence-corrected chi connectivity index (χ0v) is 12.4. The Balaban J connectivity index is 1.98. The average molecular weight is 252 g/mol. The SMILES string of the molecule is CCCCC1OCC2(CO1)[C@H](C)C=C(C)C[C@@H]2C. The summed E-state index contributed by atoms with van der Waals surface area (Å²) in [6, 6.07) is 0. The molecule has 1 heterocycles. The first-order valence-corrected chi connectivity index (χ1v) is 7.49. The summed E-state index contributed by atoms with van der Waals surface area (Å²) < 4.78 is 12.0. The number of ether oxygens (including phenoxy) is 2. The monoisotopic (exact) mass is 252 g/mol. The summed E-state index contributed by atoms with van der Waals surface area (Å²) >= 11 is 0. The highest BCUT2D eigenvalue weighted by Gasteiger charge is 2.46. The van der Waals surface area contributed by atoms with Gasteiger partial charge in [-0.05, 0) is 38.0 Å². The quantitative estimate of drug-likeness (QED) is 0.702. The summed E-state index contributed by atoms with van der Waals surface area (Å²) in [5.74, 6) is 1.22. The minimum absolute atomic E-state index is 0.0435. The van der Waals surface area contributed by atoms with Crippen LogP contribution in [0.15, 0.2) is 11.6 Å². The van der Waals surface area contributed by atoms with Gasteiger partial charge >= 0.3 is 0 Å². The van der Waals surface area contributed by atoms with Crippen molar-refractivity contribution < 1.29 is 9.47 Å². The van der Waals surface area contributed by atoms with Gasteiger partial charge in [-0.25, -0.2) is 0 Å². The molecule has 1 saturated heterocycles. The molecular formula is C16H28O2. The Labute approximate surface area is 112 Å². The molecule has 0 aromatic carbocycles. The van der Waals surface area contributed by atoms with Gasteiger partial charge in [0.15, 0.2) is 6.29 Å². The Morgan fingerprint density at radius 1 is 1.28 bits per heavy atom. The summed E-state index contributed by atoms with van der Waals surface area (Å²) in [5.41, 5.74) is 1.73. The van der Waals surface area contributed by atoms with Crippen molar-refractivity contribution in [3.8, 4) is 0 Å². The van der Waals surface area contributed by atoms with Crippen molar-refractivity contribution in [1.29, 1.82) is 0 Å². The van der Waals surface area contributed by atoms with Crippen LogP contribution in [0, 0.1) is 17.3 Å². The van der Waals surface area contributed by atoms with Crippen molar-refractivity contribution in [2.24, 2.45) is 17.3 Å². The molecular weight excluding hydrogens is 224 g/mol. The first-order valence-electron chi connectivity index (χ1n) is 7.49. The zero-order valence-electron chi connectivity index (χ0n) is 12.4. The van der Waals surface area contributed by atoms with Gasteiger partial charge in [0.25, 0.3) is 0 Å². The molecule has 0 aromatic heterocycles. The van der Waals surface area contributed by atoms with Gasteiger partial charge in [0.1, 0.15) is 0 Å². The van der Waals surface area contributed by atoms with Gasteiger partial charge in [0, 0.05) is 5.41 Å². The van der Waals surface area contributed by atoms with Crippen LogP contribution in [-0.4, -0.2) is 19.5 Å². The predicted octanol–water partition coefficient (Wildman–Crippen LogP) is 4.16. The number of rotatable bonds is 3. The molecule has 2 rings (SSSR count). The molecule has 2 nitrogen and oxygen atoms in total. The summed E-state index contributed by atoms with van der Waals surface area (Å²) in [4.78, 5) is 0. The standard InChI is InChI=1S/C16H28O2/c1-5-6-7-15-17-10-16(11-18-15)13(3)8-12(2)9-14(16)4/h8,13-15H,5-7,9-11H2,1-4H3/t13-,14+,15?,16?/m1/s1. The summed E-state index contributed by atoms with van der Waals surface area (Å²) in [6.45, 7) is 10.9. The highest BCUT2D eigenvalue weighted by molar-refractivity contribution is 5.13. The number of hydrogen-bond acceptors (Lipinski definition) is 2. The molecule has 0 bridgehead atoms. The fourth-order valence-corrected chi connectivity index (χ4v) is 3.47. The minimum atomic E-state index is 0.0435. The van der Waals surface area contributed by atoms with E-state index in [2.05, 4.69) is 33.8 Å². The number of hydrogen-bond donors (Lipinski definition) is 0. The number of allylic oxidation sites excluding steroid dienone is 2. The highest BCUT2D eigenvalue weighted by atomic mass is 16.7. The topological polar surface area (TPSA) is 18.5 Å². The van der Waals surface area contributed by atoms with Crippen LogP contribution < -0.4 is 0 Å². The van der Waals surface area contributed by atoms with E-state index in [0.717, 1.165) is 19.6 Å². The molecule has 104 valence electrons. The van der Waals surface area contributed by atoms with Crippen molar-refractivity contribution in [3.63, 3.8) is 0 Å². The van der Waals surface area contributed by atoms with E-state index in [1.54, 1.807) is 0 Å². The minimum Gasteiger partial charge on any atom is -0.352 e. The Morgan fingerprint density at radius 2 is 1.94 bits per heavy atom. The molecule has 1 fully saturated rings. The largest absolute Gasteiger partial charge is 0.352 e. The number of unbranched alkanes of at least 4 members (excludes halogenated alkanes) is 1. The normalized spacial score (nSPS) is 40.9. The van der Waals surface area contributed by atoms with Crippen molar-refractivity contribution in [2.75, 3.05) is 13.2 Å². The molecule has 0 N–H and O–H groups in total. The Bertz CT molecular complexity index is 300. The molecule has 2 atom stereocenters. The van der Waals surface area contributed by atoms with E-state index in [1.165, 1.54) is 24.8 Å². The van der Waals surface area contributed by atoms with E-state index in [4.69, 9.17) is 9.47 Å². The van der Waals surface area contributed by atoms with E-state index in [9.17, 15) is 0 Å². The third kappa shape index (κ3) is 2.65. The molecule has 0 unspecified atom stereocenters. The maximum absolute atomic E-state index is 6.00. The Kier molecular flexibility index (Phi) is 4.50. The maximum atomic E-state index is 6.00. The van der Waals surface area contributed by atoms with Crippen LogP contribution >= 0.6 is 0 Å². The molecule has 1 aliphatic carbocycles. The first-order chi connectivity index (χ1) is 8.58. The third-order valence-corrected chi connectivity index (χ3v) is 4.92. The van der Waals surface area contributed by atoms with Gasteiger partial charge in [-0.3, -0.25) is 0 Å². The van der Waals surface area contributed by atoms with Crippen LogP contribution in [-0.2, 0) is 9.47 Å². The molecule has 0 aromatic rings. The van der Waals surface area contributed by atoms with E-state index in [-0.39, 0.29) is 11.7 Å². The smallest absolute Gasteiger partial charge is 0.157 e. The lowest BCUT2D eigenvalue weighted by molar-refractivity contribution is -0.251. The fourth-order valence-electron chi connectivity index (χ4n) is 3.47. The highest BCUT2D eigenvalue weighted by Crippen LogP contribution is 2.47. The van der Waals surface area contributed by atoms with Gasteiger partial charge in [-0.15, -0.1) is 0 Å². The first kappa shape index (κ1) is 14.1. The maximum Gasteiger partial charge on any atom is 0.157 e. The van der Waals surface area contributed by atoms with E-state index < -0.39 is 0 Å². The second-order valence-corrected chi connectivity index (χ2v) is 6.33. The Morgan fingerprint density at radius 3 is 2.50 bits per heavy atom. The average Bonchev–Trinajstić information content (AvgIpc) is 2.35. The molecule has 18 heavy (non-hydrogen) atoms. The second-order valence-electron chi connectivity index (χ2n) is 6.33. The summed E-state index contributed by atoms with van der Waals surface area (Å²) in [6.07, 6.45) is 7.10. The lowest BCUT2D eigenvalue weighted by Crippen LogP contribution is -2.50. The van der Waals surface area contributed by atoms with Crippen LogP contribution in [0.25, 0.3) is 0 Å². The zero-order chi connectivity index (χ0) is 13.2. The van der Waals surface area contributed by atoms with Gasteiger partial charge in [0.05, 0.1) is 13.2 Å². The van der Waals surface area contributed by atoms with Crippen LogP contribution in [0.4, 0.5) is 0 Å². The third-order valence-electron chi connectivity index (χ3n) is 4.92. The van der Waals surface area contributed by atoms with Crippen LogP contribution in [0.1, 0.15) is 53.4 Å². The molecule has 2 heteroatoms. The summed E-state index contributed by atoms with van der Waals surface area (Å²) in [7, 11) is 0. The predicted molar refractivity (Wildman–Crippen MR) is 74.4 cm³/mol. The summed E-state index contributed by atoms with van der Waals surface area (Å²) in [5, 5.41) is 0. The van der Waals surface area contributed by atoms with E-state index in [1.807, 2.05) is 0 Å². The van der Waals surface area contributed by atoms with Crippen LogP contribution in [0.2, 0.25) is 0 Å². The fraction of sp³-hybridized carbons (Fsp3) is 0.875. The lowest BCUT2D eigenvalue weighted by Gasteiger charge is -2.49. The van der Waals surface area contributed by atoms with Gasteiger partial charge in [0.2, 0.25) is 0 Å². The van der Waals surface area contributed by atoms with Crippen molar-refractivity contribution >= 4 is 0 Å². The second kappa shape index (κ2) is 5.75. The molecule has 0 saturated carbocycles. The molecule has 0 amide bonds. The molecule has 1 aliphatic heterocycles. The van der Waals surface area contributed by atoms with E-state index >= 15 is 0 Å². The van der Waals surface area contributed by atoms with Crippen LogP contribution in [0.3, 0.4) is 0 Å². The van der Waals surface area contributed by atoms with Gasteiger partial charge in [-0.2, -0.15) is 0 Å². The van der Waals surface area contributed by atoms with Crippen molar-refractivity contribution in [3.05, 3.63) is 11.6 Å². The van der Waals surface area contributed by atoms with E-state index in [0.29, 0.717) is 11.8 Å². The van der Waals surface area contributed by atoms with Gasteiger partial charge in [-0.1, -0.05) is 38.8 Å². The van der Waals surface area contributed by atoms with Crippen molar-refractivity contribution in [2.45, 2.75) is 59.7 Å². The molecule has 1 spiro atoms. The van der Waals surface area contributed by atoms with Crippen LogP contribution in [0.5, 0.6) is 0 Å². The van der Waals surface area contributed by atoms with Gasteiger partial charge < -0.3 is 9.47 Å².